The van der Waals surface area contributed by atoms with Crippen molar-refractivity contribution in [2.24, 2.45) is 29.6 Å². The van der Waals surface area contributed by atoms with Crippen LogP contribution in [0.3, 0.4) is 0 Å². The molecule has 0 amide bonds. The van der Waals surface area contributed by atoms with Crippen molar-refractivity contribution < 1.29 is 4.79 Å². The molecule has 18 heavy (non-hydrogen) atoms. The molecule has 0 aromatic rings. The highest BCUT2D eigenvalue weighted by Crippen LogP contribution is 2.51. The Labute approximate surface area is 109 Å². The fourth-order valence-electron chi connectivity index (χ4n) is 4.92. The Hall–Kier alpha value is -1.05. The standard InChI is InChI=1S/C16H21NO/c18-11-5-7-14-13-6-4-10-2-1-3-12(10)15(13)9-17-16(14)8-11/h1-2,8,10,12-15,17H,3-7,9H2. The Morgan fingerprint density at radius 3 is 3.00 bits per heavy atom. The lowest BCUT2D eigenvalue weighted by Crippen LogP contribution is -2.49. The van der Waals surface area contributed by atoms with E-state index in [1.54, 1.807) is 0 Å². The van der Waals surface area contributed by atoms with E-state index < -0.39 is 0 Å². The summed E-state index contributed by atoms with van der Waals surface area (Å²) in [7, 11) is 0. The third-order valence-electron chi connectivity index (χ3n) is 5.75. The molecule has 1 heterocycles. The van der Waals surface area contributed by atoms with E-state index in [9.17, 15) is 4.79 Å². The SMILES string of the molecule is O=C1C=C2NCC3C4CC=CC4CCC3C2CC1. The maximum Gasteiger partial charge on any atom is 0.157 e. The first kappa shape index (κ1) is 10.8. The maximum absolute atomic E-state index is 11.5. The average Bonchev–Trinajstić information content (AvgIpc) is 2.86. The van der Waals surface area contributed by atoms with Gasteiger partial charge in [-0.15, -0.1) is 0 Å². The largest absolute Gasteiger partial charge is 0.388 e. The average molecular weight is 243 g/mol. The highest BCUT2D eigenvalue weighted by atomic mass is 16.1. The summed E-state index contributed by atoms with van der Waals surface area (Å²) in [5.41, 5.74) is 1.26. The van der Waals surface area contributed by atoms with Crippen LogP contribution in [0.15, 0.2) is 23.9 Å². The van der Waals surface area contributed by atoms with Crippen LogP contribution < -0.4 is 5.32 Å². The van der Waals surface area contributed by atoms with Crippen molar-refractivity contribution in [3.63, 3.8) is 0 Å². The highest BCUT2D eigenvalue weighted by Gasteiger charge is 2.46. The Balaban J connectivity index is 1.62. The van der Waals surface area contributed by atoms with Gasteiger partial charge in [0.05, 0.1) is 0 Å². The number of rotatable bonds is 0. The molecule has 96 valence electrons. The number of hydrogen-bond donors (Lipinski definition) is 1. The molecule has 0 aromatic heterocycles. The van der Waals surface area contributed by atoms with E-state index in [1.807, 2.05) is 6.08 Å². The summed E-state index contributed by atoms with van der Waals surface area (Å²) in [5.74, 6) is 4.39. The zero-order chi connectivity index (χ0) is 12.1. The van der Waals surface area contributed by atoms with Gasteiger partial charge in [-0.3, -0.25) is 4.79 Å². The van der Waals surface area contributed by atoms with Gasteiger partial charge >= 0.3 is 0 Å². The zero-order valence-electron chi connectivity index (χ0n) is 10.8. The van der Waals surface area contributed by atoms with E-state index >= 15 is 0 Å². The fraction of sp³-hybridized carbons (Fsp3) is 0.688. The molecule has 0 radical (unpaired) electrons. The second-order valence-corrected chi connectivity index (χ2v) is 6.49. The van der Waals surface area contributed by atoms with Crippen molar-refractivity contribution in [2.45, 2.75) is 32.1 Å². The van der Waals surface area contributed by atoms with Crippen LogP contribution in [0, 0.1) is 29.6 Å². The summed E-state index contributed by atoms with van der Waals surface area (Å²) >= 11 is 0. The lowest BCUT2D eigenvalue weighted by atomic mass is 9.60. The van der Waals surface area contributed by atoms with Crippen LogP contribution >= 0.6 is 0 Å². The van der Waals surface area contributed by atoms with E-state index in [1.165, 1.54) is 25.0 Å². The lowest BCUT2D eigenvalue weighted by molar-refractivity contribution is -0.115. The first-order valence-electron chi connectivity index (χ1n) is 7.48. The summed E-state index contributed by atoms with van der Waals surface area (Å²) in [6.45, 7) is 1.10. The molecule has 5 atom stereocenters. The second kappa shape index (κ2) is 3.97. The van der Waals surface area contributed by atoms with E-state index in [2.05, 4.69) is 17.5 Å². The Morgan fingerprint density at radius 2 is 2.06 bits per heavy atom. The number of piperidine rings is 1. The topological polar surface area (TPSA) is 29.1 Å². The van der Waals surface area contributed by atoms with Crippen LogP contribution in [0.25, 0.3) is 0 Å². The van der Waals surface area contributed by atoms with Crippen LogP contribution in [0.4, 0.5) is 0 Å². The van der Waals surface area contributed by atoms with Crippen molar-refractivity contribution in [1.82, 2.24) is 5.32 Å². The minimum atomic E-state index is 0.323. The summed E-state index contributed by atoms with van der Waals surface area (Å²) in [4.78, 5) is 11.5. The van der Waals surface area contributed by atoms with Crippen LogP contribution in [-0.4, -0.2) is 12.3 Å². The number of nitrogens with one attached hydrogen (secondary N) is 1. The first-order chi connectivity index (χ1) is 8.83. The highest BCUT2D eigenvalue weighted by molar-refractivity contribution is 5.91. The third-order valence-corrected chi connectivity index (χ3v) is 5.75. The minimum Gasteiger partial charge on any atom is -0.388 e. The van der Waals surface area contributed by atoms with E-state index in [4.69, 9.17) is 0 Å². The molecule has 4 aliphatic rings. The molecule has 3 aliphatic carbocycles. The number of carbonyl (C=O) groups excluding carboxylic acids is 1. The Kier molecular flexibility index (Phi) is 2.39. The maximum atomic E-state index is 11.5. The van der Waals surface area contributed by atoms with Crippen molar-refractivity contribution in [2.75, 3.05) is 6.54 Å². The number of allylic oxidation sites excluding steroid dienone is 4. The molecular weight excluding hydrogens is 222 g/mol. The molecule has 4 rings (SSSR count). The lowest BCUT2D eigenvalue weighted by Gasteiger charge is -2.49. The smallest absolute Gasteiger partial charge is 0.157 e. The fourth-order valence-corrected chi connectivity index (χ4v) is 4.92. The van der Waals surface area contributed by atoms with E-state index in [-0.39, 0.29) is 0 Å². The molecule has 2 nitrogen and oxygen atoms in total. The minimum absolute atomic E-state index is 0.323. The van der Waals surface area contributed by atoms with E-state index in [0.717, 1.165) is 43.1 Å². The Bertz CT molecular complexity index is 436. The van der Waals surface area contributed by atoms with Crippen molar-refractivity contribution >= 4 is 5.78 Å². The monoisotopic (exact) mass is 243 g/mol. The second-order valence-electron chi connectivity index (χ2n) is 6.49. The molecule has 5 unspecified atom stereocenters. The molecule has 0 spiro atoms. The van der Waals surface area contributed by atoms with Crippen LogP contribution in [-0.2, 0) is 4.79 Å². The summed E-state index contributed by atoms with van der Waals surface area (Å²) in [5, 5.41) is 3.58. The summed E-state index contributed by atoms with van der Waals surface area (Å²) in [6.07, 6.45) is 12.6. The van der Waals surface area contributed by atoms with Gasteiger partial charge in [0.25, 0.3) is 0 Å². The van der Waals surface area contributed by atoms with E-state index in [0.29, 0.717) is 11.7 Å². The number of ketones is 1. The van der Waals surface area contributed by atoms with Gasteiger partial charge < -0.3 is 5.32 Å². The molecule has 1 saturated heterocycles. The van der Waals surface area contributed by atoms with Gasteiger partial charge in [0, 0.05) is 30.7 Å². The van der Waals surface area contributed by atoms with Gasteiger partial charge in [-0.25, -0.2) is 0 Å². The first-order valence-corrected chi connectivity index (χ1v) is 7.48. The number of fused-ring (bicyclic) bond motifs is 5. The molecule has 0 aromatic carbocycles. The summed E-state index contributed by atoms with van der Waals surface area (Å²) < 4.78 is 0. The molecular formula is C16H21NO. The van der Waals surface area contributed by atoms with Crippen LogP contribution in [0.5, 0.6) is 0 Å². The molecule has 1 N–H and O–H groups in total. The number of carbonyl (C=O) groups is 1. The predicted octanol–water partition coefficient (Wildman–Crippen LogP) is 2.67. The van der Waals surface area contributed by atoms with Gasteiger partial charge in [-0.05, 0) is 49.4 Å². The van der Waals surface area contributed by atoms with Crippen LogP contribution in [0.1, 0.15) is 32.1 Å². The molecule has 0 bridgehead atoms. The van der Waals surface area contributed by atoms with Gasteiger partial charge in [-0.2, -0.15) is 0 Å². The van der Waals surface area contributed by atoms with Gasteiger partial charge in [0.2, 0.25) is 0 Å². The van der Waals surface area contributed by atoms with Crippen LogP contribution in [0.2, 0.25) is 0 Å². The molecule has 2 fully saturated rings. The predicted molar refractivity (Wildman–Crippen MR) is 70.8 cm³/mol. The molecule has 1 saturated carbocycles. The zero-order valence-corrected chi connectivity index (χ0v) is 10.8. The quantitative estimate of drug-likeness (QED) is 0.663. The van der Waals surface area contributed by atoms with Gasteiger partial charge in [0.15, 0.2) is 5.78 Å². The van der Waals surface area contributed by atoms with Crippen molar-refractivity contribution in [3.05, 3.63) is 23.9 Å². The normalized spacial score (nSPS) is 45.7. The van der Waals surface area contributed by atoms with Gasteiger partial charge in [-0.1, -0.05) is 12.2 Å². The van der Waals surface area contributed by atoms with Crippen molar-refractivity contribution in [1.29, 1.82) is 0 Å². The number of hydrogen-bond acceptors (Lipinski definition) is 2. The molecule has 2 heteroatoms. The molecule has 1 aliphatic heterocycles. The third kappa shape index (κ3) is 1.51. The Morgan fingerprint density at radius 1 is 1.11 bits per heavy atom. The van der Waals surface area contributed by atoms with Crippen molar-refractivity contribution in [3.8, 4) is 0 Å². The van der Waals surface area contributed by atoms with Gasteiger partial charge in [0.1, 0.15) is 0 Å². The summed E-state index contributed by atoms with van der Waals surface area (Å²) in [6, 6.07) is 0.